The number of piperidine rings is 1. The van der Waals surface area contributed by atoms with Gasteiger partial charge in [0.05, 0.1) is 21.8 Å². The first-order valence-electron chi connectivity index (χ1n) is 11.0. The smallest absolute Gasteiger partial charge is 0.108 e. The zero-order valence-corrected chi connectivity index (χ0v) is 18.4. The normalized spacial score (nSPS) is 36.5. The standard InChI is InChI=1S/C23H32ClN3O2/c1-14(21-20-17(24)5-4-6-18(20)26(3)25-21)9-19(28)27-15-7-8-23(29)12-16(27)11-22(2,10-15)13-23/h4-6,14-16,19,28-29H,7-13H2,1-3H3. The van der Waals surface area contributed by atoms with E-state index in [4.69, 9.17) is 16.7 Å². The van der Waals surface area contributed by atoms with Crippen molar-refractivity contribution in [3.05, 3.63) is 28.9 Å². The Morgan fingerprint density at radius 2 is 2.03 bits per heavy atom. The van der Waals surface area contributed by atoms with Crippen molar-refractivity contribution in [2.75, 3.05) is 0 Å². The van der Waals surface area contributed by atoms with Crippen LogP contribution in [-0.4, -0.2) is 48.8 Å². The monoisotopic (exact) mass is 417 g/mol. The van der Waals surface area contributed by atoms with E-state index in [1.807, 2.05) is 29.9 Å². The molecule has 1 aromatic heterocycles. The van der Waals surface area contributed by atoms with Gasteiger partial charge in [0, 0.05) is 30.4 Å². The fourth-order valence-corrected chi connectivity index (χ4v) is 7.18. The van der Waals surface area contributed by atoms with Gasteiger partial charge in [-0.05, 0) is 62.5 Å². The topological polar surface area (TPSA) is 61.5 Å². The third-order valence-electron chi connectivity index (χ3n) is 7.84. The lowest BCUT2D eigenvalue weighted by Gasteiger charge is -2.55. The molecule has 2 aliphatic heterocycles. The fourth-order valence-electron chi connectivity index (χ4n) is 6.92. The Balaban J connectivity index is 1.41. The molecule has 4 fully saturated rings. The Kier molecular flexibility index (Phi) is 4.56. The molecule has 6 rings (SSSR count). The van der Waals surface area contributed by atoms with Gasteiger partial charge in [-0.2, -0.15) is 5.10 Å². The van der Waals surface area contributed by atoms with Crippen LogP contribution in [0, 0.1) is 5.41 Å². The highest BCUT2D eigenvalue weighted by Gasteiger charge is 2.56. The number of rotatable bonds is 4. The third-order valence-corrected chi connectivity index (χ3v) is 8.16. The third kappa shape index (κ3) is 3.21. The van der Waals surface area contributed by atoms with Gasteiger partial charge in [0.1, 0.15) is 6.23 Å². The van der Waals surface area contributed by atoms with Crippen LogP contribution in [0.2, 0.25) is 5.02 Å². The van der Waals surface area contributed by atoms with Gasteiger partial charge in [-0.3, -0.25) is 9.58 Å². The molecule has 5 nitrogen and oxygen atoms in total. The van der Waals surface area contributed by atoms with E-state index in [0.717, 1.165) is 55.1 Å². The molecule has 2 N–H and O–H groups in total. The zero-order chi connectivity index (χ0) is 20.6. The van der Waals surface area contributed by atoms with Crippen LogP contribution in [0.5, 0.6) is 0 Å². The molecule has 4 bridgehead atoms. The Morgan fingerprint density at radius 1 is 1.28 bits per heavy atom. The largest absolute Gasteiger partial charge is 0.390 e. The highest BCUT2D eigenvalue weighted by atomic mass is 35.5. The van der Waals surface area contributed by atoms with Crippen LogP contribution in [0.4, 0.5) is 0 Å². The molecule has 6 heteroatoms. The van der Waals surface area contributed by atoms with Gasteiger partial charge in [-0.25, -0.2) is 0 Å². The summed E-state index contributed by atoms with van der Waals surface area (Å²) in [4.78, 5) is 2.34. The van der Waals surface area contributed by atoms with E-state index >= 15 is 0 Å². The minimum atomic E-state index is -0.544. The molecular formula is C23H32ClN3O2. The molecule has 158 valence electrons. The summed E-state index contributed by atoms with van der Waals surface area (Å²) in [6.45, 7) is 4.46. The summed E-state index contributed by atoms with van der Waals surface area (Å²) in [6, 6.07) is 6.52. The van der Waals surface area contributed by atoms with E-state index in [1.165, 1.54) is 0 Å². The highest BCUT2D eigenvalue weighted by Crippen LogP contribution is 2.56. The summed E-state index contributed by atoms with van der Waals surface area (Å²) in [7, 11) is 1.94. The molecule has 4 aliphatic rings. The van der Waals surface area contributed by atoms with E-state index in [1.54, 1.807) is 0 Å². The lowest BCUT2D eigenvalue weighted by atomic mass is 9.63. The first kappa shape index (κ1) is 19.8. The Labute approximate surface area is 177 Å². The fraction of sp³-hybridized carbons (Fsp3) is 0.696. The van der Waals surface area contributed by atoms with Crippen LogP contribution in [0.15, 0.2) is 18.2 Å². The molecule has 2 aliphatic carbocycles. The summed E-state index contributed by atoms with van der Waals surface area (Å²) >= 11 is 6.50. The predicted octanol–water partition coefficient (Wildman–Crippen LogP) is 4.20. The first-order valence-corrected chi connectivity index (χ1v) is 11.3. The number of aryl methyl sites for hydroxylation is 1. The summed E-state index contributed by atoms with van der Waals surface area (Å²) in [5, 5.41) is 28.9. The zero-order valence-electron chi connectivity index (χ0n) is 17.6. The van der Waals surface area contributed by atoms with Gasteiger partial charge in [0.25, 0.3) is 0 Å². The average molecular weight is 418 g/mol. The number of hydrogen-bond donors (Lipinski definition) is 2. The van der Waals surface area contributed by atoms with Crippen LogP contribution in [0.3, 0.4) is 0 Å². The Morgan fingerprint density at radius 3 is 2.83 bits per heavy atom. The van der Waals surface area contributed by atoms with Crippen molar-refractivity contribution < 1.29 is 10.2 Å². The molecule has 2 aromatic rings. The molecular weight excluding hydrogens is 386 g/mol. The van der Waals surface area contributed by atoms with Gasteiger partial charge in [0.2, 0.25) is 0 Å². The maximum Gasteiger partial charge on any atom is 0.108 e. The number of benzene rings is 1. The van der Waals surface area contributed by atoms with Crippen LogP contribution in [0.1, 0.15) is 70.4 Å². The Bertz CT molecular complexity index is 940. The quantitative estimate of drug-likeness (QED) is 0.782. The van der Waals surface area contributed by atoms with Crippen LogP contribution >= 0.6 is 11.6 Å². The number of nitrogens with zero attached hydrogens (tertiary/aromatic N) is 3. The van der Waals surface area contributed by atoms with Crippen molar-refractivity contribution in [1.29, 1.82) is 0 Å². The number of aliphatic hydroxyl groups excluding tert-OH is 1. The van der Waals surface area contributed by atoms with Gasteiger partial charge < -0.3 is 10.2 Å². The lowest BCUT2D eigenvalue weighted by Crippen LogP contribution is -2.59. The van der Waals surface area contributed by atoms with Crippen LogP contribution in [-0.2, 0) is 7.05 Å². The summed E-state index contributed by atoms with van der Waals surface area (Å²) in [5.41, 5.74) is 1.65. The van der Waals surface area contributed by atoms with E-state index < -0.39 is 11.8 Å². The second-order valence-electron chi connectivity index (χ2n) is 10.4. The average Bonchev–Trinajstić information content (AvgIpc) is 2.87. The van der Waals surface area contributed by atoms with Gasteiger partial charge in [0.15, 0.2) is 0 Å². The van der Waals surface area contributed by atoms with E-state index in [0.29, 0.717) is 17.5 Å². The summed E-state index contributed by atoms with van der Waals surface area (Å²) in [6.07, 6.45) is 5.82. The summed E-state index contributed by atoms with van der Waals surface area (Å²) in [5.74, 6) is 0.0887. The van der Waals surface area contributed by atoms with Crippen molar-refractivity contribution in [3.8, 4) is 0 Å². The number of fused-ring (bicyclic) bond motifs is 2. The van der Waals surface area contributed by atoms with Crippen molar-refractivity contribution in [1.82, 2.24) is 14.7 Å². The lowest BCUT2D eigenvalue weighted by molar-refractivity contribution is -0.145. The molecule has 2 saturated heterocycles. The molecule has 6 unspecified atom stereocenters. The minimum Gasteiger partial charge on any atom is -0.390 e. The molecule has 0 radical (unpaired) electrons. The number of aromatic nitrogens is 2. The molecule has 6 atom stereocenters. The highest BCUT2D eigenvalue weighted by molar-refractivity contribution is 6.35. The molecule has 0 amide bonds. The maximum absolute atomic E-state index is 11.3. The Hall–Kier alpha value is -1.14. The second kappa shape index (κ2) is 6.68. The second-order valence-corrected chi connectivity index (χ2v) is 10.8. The number of aliphatic hydroxyl groups is 2. The van der Waals surface area contributed by atoms with Gasteiger partial charge in [-0.1, -0.05) is 31.5 Å². The van der Waals surface area contributed by atoms with Crippen molar-refractivity contribution >= 4 is 22.5 Å². The minimum absolute atomic E-state index is 0.0887. The summed E-state index contributed by atoms with van der Waals surface area (Å²) < 4.78 is 1.88. The van der Waals surface area contributed by atoms with Gasteiger partial charge in [-0.15, -0.1) is 0 Å². The molecule has 1 aromatic carbocycles. The SMILES string of the molecule is CC(CC(O)N1C2CCC3(O)CC1CC(C)(C2)C3)c1nn(C)c2cccc(Cl)c12. The molecule has 3 heterocycles. The van der Waals surface area contributed by atoms with Crippen molar-refractivity contribution in [2.24, 2.45) is 12.5 Å². The van der Waals surface area contributed by atoms with Crippen LogP contribution < -0.4 is 0 Å². The number of halogens is 1. The van der Waals surface area contributed by atoms with E-state index in [2.05, 4.69) is 18.7 Å². The molecule has 2 saturated carbocycles. The molecule has 0 spiro atoms. The van der Waals surface area contributed by atoms with Crippen molar-refractivity contribution in [3.63, 3.8) is 0 Å². The van der Waals surface area contributed by atoms with E-state index in [-0.39, 0.29) is 17.4 Å². The van der Waals surface area contributed by atoms with E-state index in [9.17, 15) is 10.2 Å². The molecule has 29 heavy (non-hydrogen) atoms. The van der Waals surface area contributed by atoms with Crippen LogP contribution in [0.25, 0.3) is 10.9 Å². The predicted molar refractivity (Wildman–Crippen MR) is 115 cm³/mol. The first-order chi connectivity index (χ1) is 13.7. The van der Waals surface area contributed by atoms with Crippen molar-refractivity contribution in [2.45, 2.75) is 88.6 Å². The number of hydrogen-bond acceptors (Lipinski definition) is 4. The maximum atomic E-state index is 11.3. The van der Waals surface area contributed by atoms with Gasteiger partial charge >= 0.3 is 0 Å².